The second-order valence-corrected chi connectivity index (χ2v) is 5.59. The number of hydrogen-bond acceptors (Lipinski definition) is 4. The van der Waals surface area contributed by atoms with Crippen LogP contribution in [0.4, 0.5) is 4.79 Å². The molecule has 0 spiro atoms. The van der Waals surface area contributed by atoms with E-state index in [1.807, 2.05) is 0 Å². The fourth-order valence-electron chi connectivity index (χ4n) is 1.38. The van der Waals surface area contributed by atoms with Gasteiger partial charge in [0.2, 0.25) is 0 Å². The number of carbonyl (C=O) groups is 1. The van der Waals surface area contributed by atoms with Crippen molar-refractivity contribution in [3.8, 4) is 0 Å². The summed E-state index contributed by atoms with van der Waals surface area (Å²) in [5.41, 5.74) is 1.67. The molecule has 1 atom stereocenters. The van der Waals surface area contributed by atoms with Crippen LogP contribution in [-0.2, 0) is 9.57 Å². The summed E-state index contributed by atoms with van der Waals surface area (Å²) in [6.45, 7) is 9.82. The zero-order chi connectivity index (χ0) is 13.5. The number of hydrogen-bond donors (Lipinski definition) is 2. The van der Waals surface area contributed by atoms with E-state index < -0.39 is 11.7 Å². The first-order valence-corrected chi connectivity index (χ1v) is 5.96. The Morgan fingerprint density at radius 2 is 1.94 bits per heavy atom. The zero-order valence-electron chi connectivity index (χ0n) is 11.4. The van der Waals surface area contributed by atoms with Crippen LogP contribution in [0.2, 0.25) is 0 Å². The van der Waals surface area contributed by atoms with E-state index in [1.165, 1.54) is 0 Å². The van der Waals surface area contributed by atoms with Gasteiger partial charge in [-0.05, 0) is 33.1 Å². The Labute approximate surface area is 103 Å². The van der Waals surface area contributed by atoms with E-state index in [-0.39, 0.29) is 19.1 Å². The highest BCUT2D eigenvalue weighted by Crippen LogP contribution is 2.11. The first-order chi connectivity index (χ1) is 7.74. The highest BCUT2D eigenvalue weighted by molar-refractivity contribution is 5.66. The Bertz CT molecular complexity index is 223. The Morgan fingerprint density at radius 1 is 1.35 bits per heavy atom. The summed E-state index contributed by atoms with van der Waals surface area (Å²) in [4.78, 5) is 16.2. The minimum absolute atomic E-state index is 0.0323. The highest BCUT2D eigenvalue weighted by atomic mass is 16.7. The maximum absolute atomic E-state index is 11.2. The minimum atomic E-state index is -0.612. The second-order valence-electron chi connectivity index (χ2n) is 5.59. The smallest absolute Gasteiger partial charge is 0.431 e. The predicted octanol–water partition coefficient (Wildman–Crippen LogP) is 2.10. The molecule has 0 saturated carbocycles. The maximum Gasteiger partial charge on any atom is 0.431 e. The molecule has 1 unspecified atom stereocenters. The lowest BCUT2D eigenvalue weighted by Crippen LogP contribution is -2.34. The molecule has 0 fully saturated rings. The van der Waals surface area contributed by atoms with E-state index in [1.54, 1.807) is 20.8 Å². The summed E-state index contributed by atoms with van der Waals surface area (Å²) in [6, 6.07) is 0. The molecule has 1 amide bonds. The van der Waals surface area contributed by atoms with Crippen LogP contribution in [0.15, 0.2) is 0 Å². The third-order valence-corrected chi connectivity index (χ3v) is 1.94. The van der Waals surface area contributed by atoms with Crippen LogP contribution in [0, 0.1) is 11.8 Å². The van der Waals surface area contributed by atoms with E-state index >= 15 is 0 Å². The molecule has 0 aliphatic carbocycles. The molecule has 102 valence electrons. The summed E-state index contributed by atoms with van der Waals surface area (Å²) in [6.07, 6.45) is 0.241. The number of ether oxygens (including phenoxy) is 1. The molecule has 0 rings (SSSR count). The topological polar surface area (TPSA) is 67.8 Å². The number of rotatable bonds is 6. The van der Waals surface area contributed by atoms with Gasteiger partial charge < -0.3 is 9.84 Å². The molecule has 5 heteroatoms. The molecule has 0 aliphatic rings. The molecular formula is C12H25NO4. The first kappa shape index (κ1) is 16.2. The normalized spacial score (nSPS) is 13.6. The van der Waals surface area contributed by atoms with Crippen molar-refractivity contribution in [2.45, 2.75) is 46.6 Å². The van der Waals surface area contributed by atoms with E-state index in [9.17, 15) is 4.79 Å². The molecule has 0 aromatic carbocycles. The molecule has 0 bridgehead atoms. The molecule has 0 aliphatic heterocycles. The molecule has 0 heterocycles. The van der Waals surface area contributed by atoms with E-state index in [4.69, 9.17) is 14.7 Å². The summed E-state index contributed by atoms with van der Waals surface area (Å²) in [7, 11) is 0. The van der Waals surface area contributed by atoms with Crippen LogP contribution in [0.25, 0.3) is 0 Å². The Morgan fingerprint density at radius 3 is 2.35 bits per heavy atom. The van der Waals surface area contributed by atoms with Gasteiger partial charge >= 0.3 is 6.09 Å². The Kier molecular flexibility index (Phi) is 7.15. The van der Waals surface area contributed by atoms with E-state index in [0.717, 1.165) is 6.42 Å². The molecule has 0 aromatic rings. The monoisotopic (exact) mass is 247 g/mol. The second kappa shape index (κ2) is 7.50. The predicted molar refractivity (Wildman–Crippen MR) is 65.4 cm³/mol. The quantitative estimate of drug-likeness (QED) is 0.705. The van der Waals surface area contributed by atoms with Gasteiger partial charge in [-0.1, -0.05) is 13.8 Å². The number of carbonyl (C=O) groups excluding carboxylic acids is 1. The van der Waals surface area contributed by atoms with Gasteiger partial charge in [0, 0.05) is 12.5 Å². The van der Waals surface area contributed by atoms with Crippen LogP contribution in [0.3, 0.4) is 0 Å². The Hall–Kier alpha value is -0.810. The Balaban J connectivity index is 3.78. The summed E-state index contributed by atoms with van der Waals surface area (Å²) in [5.74, 6) is 0.516. The van der Waals surface area contributed by atoms with Crippen LogP contribution in [0.1, 0.15) is 41.0 Å². The third kappa shape index (κ3) is 10.1. The average Bonchev–Trinajstić information content (AvgIpc) is 2.12. The zero-order valence-corrected chi connectivity index (χ0v) is 11.4. The van der Waals surface area contributed by atoms with Crippen molar-refractivity contribution < 1.29 is 19.5 Å². The van der Waals surface area contributed by atoms with Gasteiger partial charge in [0.15, 0.2) is 0 Å². The average molecular weight is 247 g/mol. The SMILES string of the molecule is CC(C)CC(CO)CONC(=O)OC(C)(C)C. The van der Waals surface area contributed by atoms with Gasteiger partial charge in [-0.25, -0.2) is 4.79 Å². The third-order valence-electron chi connectivity index (χ3n) is 1.94. The number of nitrogens with one attached hydrogen (secondary N) is 1. The molecule has 5 nitrogen and oxygen atoms in total. The number of amides is 1. The molecule has 0 aromatic heterocycles. The summed E-state index contributed by atoms with van der Waals surface area (Å²) < 4.78 is 5.00. The van der Waals surface area contributed by atoms with E-state index in [0.29, 0.717) is 5.92 Å². The number of aliphatic hydroxyl groups is 1. The molecule has 0 saturated heterocycles. The summed E-state index contributed by atoms with van der Waals surface area (Å²) in [5, 5.41) is 9.10. The van der Waals surface area contributed by atoms with E-state index in [2.05, 4.69) is 19.3 Å². The van der Waals surface area contributed by atoms with Gasteiger partial charge in [-0.15, -0.1) is 0 Å². The lowest BCUT2D eigenvalue weighted by atomic mass is 9.99. The van der Waals surface area contributed by atoms with Crippen LogP contribution < -0.4 is 5.48 Å². The van der Waals surface area contributed by atoms with Gasteiger partial charge in [0.1, 0.15) is 5.60 Å². The van der Waals surface area contributed by atoms with Crippen LogP contribution >= 0.6 is 0 Å². The van der Waals surface area contributed by atoms with Gasteiger partial charge in [-0.3, -0.25) is 4.84 Å². The largest absolute Gasteiger partial charge is 0.442 e. The van der Waals surface area contributed by atoms with Gasteiger partial charge in [0.05, 0.1) is 6.61 Å². The number of aliphatic hydroxyl groups excluding tert-OH is 1. The van der Waals surface area contributed by atoms with Crippen LogP contribution in [0.5, 0.6) is 0 Å². The fraction of sp³-hybridized carbons (Fsp3) is 0.917. The highest BCUT2D eigenvalue weighted by Gasteiger charge is 2.17. The van der Waals surface area contributed by atoms with Crippen molar-refractivity contribution in [1.82, 2.24) is 5.48 Å². The van der Waals surface area contributed by atoms with Gasteiger partial charge in [-0.2, -0.15) is 5.48 Å². The van der Waals surface area contributed by atoms with Crippen molar-refractivity contribution in [3.63, 3.8) is 0 Å². The van der Waals surface area contributed by atoms with Gasteiger partial charge in [0.25, 0.3) is 0 Å². The maximum atomic E-state index is 11.2. The standard InChI is InChI=1S/C12H25NO4/c1-9(2)6-10(7-14)8-16-13-11(15)17-12(3,4)5/h9-10,14H,6-8H2,1-5H3,(H,13,15). The lowest BCUT2D eigenvalue weighted by molar-refractivity contribution is -0.0257. The lowest BCUT2D eigenvalue weighted by Gasteiger charge is -2.20. The van der Waals surface area contributed by atoms with Crippen molar-refractivity contribution >= 4 is 6.09 Å². The number of hydroxylamine groups is 1. The summed E-state index contributed by atoms with van der Waals surface area (Å²) >= 11 is 0. The molecular weight excluding hydrogens is 222 g/mol. The van der Waals surface area contributed by atoms with Crippen molar-refractivity contribution in [2.24, 2.45) is 11.8 Å². The molecule has 0 radical (unpaired) electrons. The molecule has 17 heavy (non-hydrogen) atoms. The fourth-order valence-corrected chi connectivity index (χ4v) is 1.38. The first-order valence-electron chi connectivity index (χ1n) is 5.96. The van der Waals surface area contributed by atoms with Crippen molar-refractivity contribution in [2.75, 3.05) is 13.2 Å². The molecule has 2 N–H and O–H groups in total. The van der Waals surface area contributed by atoms with Crippen molar-refractivity contribution in [3.05, 3.63) is 0 Å². The van der Waals surface area contributed by atoms with Crippen LogP contribution in [-0.4, -0.2) is 30.0 Å². The minimum Gasteiger partial charge on any atom is -0.442 e. The van der Waals surface area contributed by atoms with Crippen molar-refractivity contribution in [1.29, 1.82) is 0 Å².